The molecule has 0 unspecified atom stereocenters. The van der Waals surface area contributed by atoms with Gasteiger partial charge in [0.25, 0.3) is 0 Å². The smallest absolute Gasteiger partial charge is 0.356 e. The Morgan fingerprint density at radius 3 is 1.57 bits per heavy atom. The van der Waals surface area contributed by atoms with E-state index in [0.717, 1.165) is 0 Å². The molecule has 0 atom stereocenters. The highest BCUT2D eigenvalue weighted by Gasteiger charge is 2.20. The van der Waals surface area contributed by atoms with Crippen LogP contribution in [0.1, 0.15) is 32.1 Å². The molecule has 1 N–H and O–H groups in total. The van der Waals surface area contributed by atoms with E-state index in [0.29, 0.717) is 49.4 Å². The highest BCUT2D eigenvalue weighted by Crippen LogP contribution is 2.37. The van der Waals surface area contributed by atoms with Crippen molar-refractivity contribution in [2.45, 2.75) is 13.1 Å². The number of carbonyl (C=O) groups excluding carboxylic acids is 1. The Bertz CT molecular complexity index is 2200. The summed E-state index contributed by atoms with van der Waals surface area (Å²) < 4.78 is 48.6. The fourth-order valence-electron chi connectivity index (χ4n) is 5.33. The average molecular weight is 736 g/mol. The Hall–Kier alpha value is -5.72. The minimum atomic E-state index is -1.12. The van der Waals surface area contributed by atoms with Crippen molar-refractivity contribution in [3.63, 3.8) is 0 Å². The van der Waals surface area contributed by atoms with Gasteiger partial charge in [-0.15, -0.1) is 0 Å². The quantitative estimate of drug-likeness (QED) is 0.140. The zero-order valence-electron chi connectivity index (χ0n) is 27.4. The molecule has 2 heterocycles. The van der Waals surface area contributed by atoms with Crippen LogP contribution in [0.5, 0.6) is 11.5 Å². The van der Waals surface area contributed by atoms with Gasteiger partial charge in [-0.1, -0.05) is 59.6 Å². The maximum absolute atomic E-state index is 15.3. The molecule has 10 nitrogen and oxygen atoms in total. The molecular formula is C37H30Cl2F2N4O6. The van der Waals surface area contributed by atoms with E-state index >= 15 is 8.78 Å². The van der Waals surface area contributed by atoms with Crippen molar-refractivity contribution in [1.82, 2.24) is 19.1 Å². The van der Waals surface area contributed by atoms with Gasteiger partial charge in [0.15, 0.2) is 0 Å². The van der Waals surface area contributed by atoms with Crippen LogP contribution < -0.4 is 9.47 Å². The lowest BCUT2D eigenvalue weighted by Gasteiger charge is -2.14. The van der Waals surface area contributed by atoms with Crippen LogP contribution in [0.2, 0.25) is 10.0 Å². The van der Waals surface area contributed by atoms with E-state index in [4.69, 9.17) is 42.5 Å². The number of rotatable bonds is 10. The van der Waals surface area contributed by atoms with Gasteiger partial charge in [-0.2, -0.15) is 0 Å². The summed E-state index contributed by atoms with van der Waals surface area (Å²) in [7, 11) is 4.22. The Morgan fingerprint density at radius 1 is 0.706 bits per heavy atom. The molecule has 0 aliphatic heterocycles. The first-order chi connectivity index (χ1) is 24.6. The molecule has 6 aromatic rings. The van der Waals surface area contributed by atoms with E-state index in [1.54, 1.807) is 72.8 Å². The maximum atomic E-state index is 15.3. The predicted octanol–water partition coefficient (Wildman–Crippen LogP) is 8.28. The number of halogens is 4. The minimum Gasteiger partial charge on any atom is -0.496 e. The molecule has 0 aliphatic carbocycles. The number of carbonyl (C=O) groups is 2. The number of imidazole rings is 2. The fourth-order valence-corrected chi connectivity index (χ4v) is 5.71. The van der Waals surface area contributed by atoms with E-state index in [-0.39, 0.29) is 30.0 Å². The number of hydrogen-bond acceptors (Lipinski definition) is 7. The first-order valence-corrected chi connectivity index (χ1v) is 15.9. The Balaban J connectivity index is 0.000000198. The average Bonchev–Trinajstić information content (AvgIpc) is 3.79. The Morgan fingerprint density at radius 2 is 1.16 bits per heavy atom. The number of hydrogen-bond donors (Lipinski definition) is 1. The molecule has 262 valence electrons. The van der Waals surface area contributed by atoms with Gasteiger partial charge in [-0.25, -0.2) is 28.3 Å². The monoisotopic (exact) mass is 734 g/mol. The zero-order valence-corrected chi connectivity index (χ0v) is 29.0. The van der Waals surface area contributed by atoms with E-state index in [9.17, 15) is 9.59 Å². The summed E-state index contributed by atoms with van der Waals surface area (Å²) in [5.74, 6) is -1.84. The summed E-state index contributed by atoms with van der Waals surface area (Å²) in [5, 5.41) is 10.1. The Kier molecular flexibility index (Phi) is 11.7. The summed E-state index contributed by atoms with van der Waals surface area (Å²) in [5.41, 5.74) is 2.69. The number of nitrogens with zero attached hydrogens (tertiary/aromatic N) is 4. The second kappa shape index (κ2) is 16.3. The molecule has 0 saturated carbocycles. The number of carboxylic acids is 1. The zero-order chi connectivity index (χ0) is 36.7. The van der Waals surface area contributed by atoms with Crippen LogP contribution in [0.4, 0.5) is 8.78 Å². The second-order valence-corrected chi connectivity index (χ2v) is 11.7. The summed E-state index contributed by atoms with van der Waals surface area (Å²) in [6.07, 6.45) is 5.41. The molecule has 0 fully saturated rings. The minimum absolute atomic E-state index is 0.0143. The lowest BCUT2D eigenvalue weighted by atomic mass is 10.0. The largest absolute Gasteiger partial charge is 0.496 e. The fraction of sp³-hybridized carbons (Fsp3) is 0.135. The van der Waals surface area contributed by atoms with Crippen molar-refractivity contribution in [2.75, 3.05) is 21.3 Å². The van der Waals surface area contributed by atoms with Gasteiger partial charge >= 0.3 is 11.9 Å². The summed E-state index contributed by atoms with van der Waals surface area (Å²) >= 11 is 12.1. The van der Waals surface area contributed by atoms with Gasteiger partial charge in [0.05, 0.1) is 70.6 Å². The van der Waals surface area contributed by atoms with E-state index in [1.165, 1.54) is 55.5 Å². The highest BCUT2D eigenvalue weighted by atomic mass is 35.5. The number of aromatic carboxylic acids is 1. The number of ether oxygens (including phenoxy) is 3. The van der Waals surface area contributed by atoms with Crippen LogP contribution >= 0.6 is 23.2 Å². The van der Waals surface area contributed by atoms with E-state index in [1.807, 2.05) is 0 Å². The van der Waals surface area contributed by atoms with Crippen molar-refractivity contribution in [2.24, 2.45) is 0 Å². The molecular weight excluding hydrogens is 705 g/mol. The van der Waals surface area contributed by atoms with Crippen molar-refractivity contribution in [1.29, 1.82) is 0 Å². The molecule has 14 heteroatoms. The molecule has 0 saturated heterocycles. The van der Waals surface area contributed by atoms with Crippen molar-refractivity contribution in [3.05, 3.63) is 142 Å². The van der Waals surface area contributed by atoms with Gasteiger partial charge in [0.1, 0.15) is 34.5 Å². The van der Waals surface area contributed by atoms with Gasteiger partial charge in [0.2, 0.25) is 0 Å². The van der Waals surface area contributed by atoms with Crippen LogP contribution in [0, 0.1) is 11.6 Å². The van der Waals surface area contributed by atoms with Crippen LogP contribution in [0.3, 0.4) is 0 Å². The molecule has 0 spiro atoms. The summed E-state index contributed by atoms with van der Waals surface area (Å²) in [6, 6.07) is 20.2. The van der Waals surface area contributed by atoms with Crippen LogP contribution in [0.15, 0.2) is 97.8 Å². The molecule has 51 heavy (non-hydrogen) atoms. The van der Waals surface area contributed by atoms with Crippen molar-refractivity contribution in [3.8, 4) is 33.8 Å². The summed E-state index contributed by atoms with van der Waals surface area (Å²) in [6.45, 7) is 0.152. The normalized spacial score (nSPS) is 10.6. The molecule has 0 radical (unpaired) electrons. The summed E-state index contributed by atoms with van der Waals surface area (Å²) in [4.78, 5) is 30.7. The molecule has 0 aliphatic rings. The van der Waals surface area contributed by atoms with Crippen LogP contribution in [-0.4, -0.2) is 57.5 Å². The standard InChI is InChI=1S/C19H16ClFN2O3.C18H14ClFN2O3/c1-25-16-7-6-13(10-23-11-22-9-15(23)19(24)26-2)18(21)17(16)12-4-3-5-14(20)8-12;1-25-15-6-5-12(9-22-10-21-8-14(22)18(23)24)17(20)16(15)11-3-2-4-13(19)7-11/h3-9,11H,10H2,1-2H3;2-8,10H,9H2,1H3,(H,23,24). The Labute approximate surface area is 301 Å². The number of benzene rings is 4. The van der Waals surface area contributed by atoms with Gasteiger partial charge < -0.3 is 28.5 Å². The van der Waals surface area contributed by atoms with Crippen LogP contribution in [-0.2, 0) is 17.8 Å². The van der Waals surface area contributed by atoms with Gasteiger partial charge in [-0.05, 0) is 47.5 Å². The second-order valence-electron chi connectivity index (χ2n) is 10.9. The number of carboxylic acid groups (broad SMARTS) is 1. The van der Waals surface area contributed by atoms with Gasteiger partial charge in [0, 0.05) is 21.2 Å². The third-order valence-corrected chi connectivity index (χ3v) is 8.22. The van der Waals surface area contributed by atoms with Crippen molar-refractivity contribution < 1.29 is 37.7 Å². The van der Waals surface area contributed by atoms with Crippen molar-refractivity contribution >= 4 is 35.1 Å². The number of aromatic nitrogens is 4. The maximum Gasteiger partial charge on any atom is 0.356 e. The molecule has 0 amide bonds. The number of methoxy groups -OCH3 is 3. The molecule has 2 aromatic heterocycles. The van der Waals surface area contributed by atoms with E-state index in [2.05, 4.69) is 9.97 Å². The first-order valence-electron chi connectivity index (χ1n) is 15.1. The number of esters is 1. The topological polar surface area (TPSA) is 118 Å². The third-order valence-electron chi connectivity index (χ3n) is 7.75. The molecule has 0 bridgehead atoms. The first kappa shape index (κ1) is 36.6. The SMILES string of the molecule is COC(=O)c1cncn1Cc1ccc(OC)c(-c2cccc(Cl)c2)c1F.COc1ccc(Cn2cncc2C(=O)O)c(F)c1-c1cccc(Cl)c1. The lowest BCUT2D eigenvalue weighted by molar-refractivity contribution is 0.0588. The van der Waals surface area contributed by atoms with Gasteiger partial charge in [-0.3, -0.25) is 0 Å². The highest BCUT2D eigenvalue weighted by molar-refractivity contribution is 6.31. The third kappa shape index (κ3) is 8.19. The van der Waals surface area contributed by atoms with Crippen LogP contribution in [0.25, 0.3) is 22.3 Å². The molecule has 6 rings (SSSR count). The molecule has 4 aromatic carbocycles. The van der Waals surface area contributed by atoms with E-state index < -0.39 is 23.6 Å². The lowest BCUT2D eigenvalue weighted by Crippen LogP contribution is -2.12. The predicted molar refractivity (Wildman–Crippen MR) is 188 cm³/mol.